The van der Waals surface area contributed by atoms with Crippen molar-refractivity contribution < 1.29 is 41.8 Å². The van der Waals surface area contributed by atoms with Crippen molar-refractivity contribution in [3.8, 4) is 23.3 Å². The first-order valence-electron chi connectivity index (χ1n) is 13.0. The molecular weight excluding hydrogens is 642 g/mol. The van der Waals surface area contributed by atoms with Gasteiger partial charge in [-0.1, -0.05) is 35.3 Å². The average Bonchev–Trinajstić information content (AvgIpc) is 2.96. The summed E-state index contributed by atoms with van der Waals surface area (Å²) in [5, 5.41) is 14.8. The molecule has 3 aromatic carbocycles. The standard InChI is InChI=1S/C29H22Cl2F3N5O6/c1-2-43-28(42)36-26(40)24(14-35)38-37-18-12-22(30)25(23(31)13-18)44-19-6-7-21-17(11-19)8-9-39(27(21)41)15-16-4-3-5-20(10-16)45-29(32,33)34/h3-7,10-13,37H,2,8-9,15H2,1H3,(H,36,40,42). The molecule has 2 N–H and O–H groups in total. The summed E-state index contributed by atoms with van der Waals surface area (Å²) in [5.41, 5.74) is 3.57. The molecule has 0 aromatic heterocycles. The molecule has 1 aliphatic rings. The van der Waals surface area contributed by atoms with Gasteiger partial charge < -0.3 is 19.1 Å². The van der Waals surface area contributed by atoms with E-state index >= 15 is 0 Å². The fourth-order valence-corrected chi connectivity index (χ4v) is 4.76. The molecule has 16 heteroatoms. The number of fused-ring (bicyclic) bond motifs is 1. The Balaban J connectivity index is 1.43. The fourth-order valence-electron chi connectivity index (χ4n) is 4.19. The predicted octanol–water partition coefficient (Wildman–Crippen LogP) is 6.45. The number of alkyl halides is 3. The first-order chi connectivity index (χ1) is 21.4. The van der Waals surface area contributed by atoms with E-state index in [2.05, 4.69) is 20.0 Å². The highest BCUT2D eigenvalue weighted by atomic mass is 35.5. The number of alkyl carbamates (subject to hydrolysis) is 1. The molecular formula is C29H22Cl2F3N5O6. The lowest BCUT2D eigenvalue weighted by Gasteiger charge is -2.29. The van der Waals surface area contributed by atoms with Crippen molar-refractivity contribution in [3.63, 3.8) is 0 Å². The van der Waals surface area contributed by atoms with E-state index in [9.17, 15) is 32.8 Å². The van der Waals surface area contributed by atoms with Gasteiger partial charge in [-0.15, -0.1) is 13.2 Å². The van der Waals surface area contributed by atoms with E-state index in [1.807, 2.05) is 5.32 Å². The minimum absolute atomic E-state index is 0.0230. The molecule has 1 aliphatic heterocycles. The van der Waals surface area contributed by atoms with Crippen LogP contribution in [0.3, 0.4) is 0 Å². The second kappa shape index (κ2) is 14.2. The second-order valence-corrected chi connectivity index (χ2v) is 10.0. The molecule has 0 unspecified atom stereocenters. The summed E-state index contributed by atoms with van der Waals surface area (Å²) in [7, 11) is 0. The zero-order valence-corrected chi connectivity index (χ0v) is 24.7. The van der Waals surface area contributed by atoms with E-state index in [-0.39, 0.29) is 46.3 Å². The molecule has 234 valence electrons. The molecule has 1 heterocycles. The minimum Gasteiger partial charge on any atom is -0.454 e. The van der Waals surface area contributed by atoms with Gasteiger partial charge >= 0.3 is 12.5 Å². The second-order valence-electron chi connectivity index (χ2n) is 9.22. The summed E-state index contributed by atoms with van der Waals surface area (Å²) in [6.07, 6.45) is -5.41. The minimum atomic E-state index is -4.82. The van der Waals surface area contributed by atoms with Crippen LogP contribution in [0, 0.1) is 11.3 Å². The number of halogens is 5. The van der Waals surface area contributed by atoms with Crippen LogP contribution in [-0.4, -0.2) is 48.0 Å². The molecule has 3 aromatic rings. The van der Waals surface area contributed by atoms with Gasteiger partial charge in [0.15, 0.2) is 5.75 Å². The van der Waals surface area contributed by atoms with Crippen molar-refractivity contribution in [2.75, 3.05) is 18.6 Å². The van der Waals surface area contributed by atoms with E-state index < -0.39 is 24.1 Å². The number of carbonyl (C=O) groups excluding carboxylic acids is 3. The highest BCUT2D eigenvalue weighted by molar-refractivity contribution is 6.47. The Bertz CT molecular complexity index is 1690. The summed E-state index contributed by atoms with van der Waals surface area (Å²) in [4.78, 5) is 38.1. The maximum Gasteiger partial charge on any atom is 0.573 e. The number of hydrogen-bond donors (Lipinski definition) is 2. The summed E-state index contributed by atoms with van der Waals surface area (Å²) in [6, 6.07) is 14.5. The molecule has 0 fully saturated rings. The number of nitrogens with one attached hydrogen (secondary N) is 2. The van der Waals surface area contributed by atoms with Crippen molar-refractivity contribution in [3.05, 3.63) is 81.3 Å². The van der Waals surface area contributed by atoms with Crippen molar-refractivity contribution in [1.82, 2.24) is 10.2 Å². The number of carbonyl (C=O) groups is 3. The Morgan fingerprint density at radius 3 is 2.49 bits per heavy atom. The van der Waals surface area contributed by atoms with E-state index in [0.29, 0.717) is 35.4 Å². The third-order valence-electron chi connectivity index (χ3n) is 6.08. The zero-order valence-electron chi connectivity index (χ0n) is 23.2. The number of hydrogen-bond acceptors (Lipinski definition) is 9. The monoisotopic (exact) mass is 663 g/mol. The lowest BCUT2D eigenvalue weighted by atomic mass is 9.98. The number of hydrazone groups is 1. The van der Waals surface area contributed by atoms with E-state index in [1.54, 1.807) is 37.3 Å². The van der Waals surface area contributed by atoms with Crippen molar-refractivity contribution in [1.29, 1.82) is 5.26 Å². The van der Waals surface area contributed by atoms with Crippen LogP contribution < -0.4 is 20.2 Å². The number of anilines is 1. The number of amides is 3. The van der Waals surface area contributed by atoms with Crippen molar-refractivity contribution in [2.24, 2.45) is 5.10 Å². The fraction of sp³-hybridized carbons (Fsp3) is 0.207. The predicted molar refractivity (Wildman–Crippen MR) is 156 cm³/mol. The molecule has 0 radical (unpaired) electrons. The number of rotatable bonds is 9. The molecule has 0 aliphatic carbocycles. The Kier molecular flexibility index (Phi) is 10.4. The largest absolute Gasteiger partial charge is 0.573 e. The zero-order chi connectivity index (χ0) is 32.7. The lowest BCUT2D eigenvalue weighted by molar-refractivity contribution is -0.274. The molecule has 0 bridgehead atoms. The van der Waals surface area contributed by atoms with Crippen molar-refractivity contribution in [2.45, 2.75) is 26.3 Å². The number of imide groups is 1. The van der Waals surface area contributed by atoms with Gasteiger partial charge in [0.05, 0.1) is 22.3 Å². The van der Waals surface area contributed by atoms with Gasteiger partial charge in [-0.2, -0.15) is 10.4 Å². The Hall–Kier alpha value is -5.00. The normalized spacial score (nSPS) is 13.0. The summed E-state index contributed by atoms with van der Waals surface area (Å²) in [5.74, 6) is -1.34. The highest BCUT2D eigenvalue weighted by Gasteiger charge is 2.31. The Morgan fingerprint density at radius 2 is 1.82 bits per heavy atom. The molecule has 0 saturated carbocycles. The van der Waals surface area contributed by atoms with Crippen LogP contribution in [0.2, 0.25) is 10.0 Å². The van der Waals surface area contributed by atoms with Crippen LogP contribution in [0.4, 0.5) is 23.7 Å². The van der Waals surface area contributed by atoms with E-state index in [0.717, 1.165) is 0 Å². The van der Waals surface area contributed by atoms with Gasteiger partial charge in [-0.25, -0.2) is 4.79 Å². The number of ether oxygens (including phenoxy) is 3. The lowest BCUT2D eigenvalue weighted by Crippen LogP contribution is -2.37. The summed E-state index contributed by atoms with van der Waals surface area (Å²) < 4.78 is 52.2. The van der Waals surface area contributed by atoms with Crippen LogP contribution in [0.15, 0.2) is 59.7 Å². The molecule has 4 rings (SSSR count). The van der Waals surface area contributed by atoms with Crippen LogP contribution >= 0.6 is 23.2 Å². The number of nitriles is 1. The SMILES string of the molecule is CCOC(=O)NC(=O)C(C#N)=NNc1cc(Cl)c(Oc2ccc3c(c2)CCN(Cc2cccc(OC(F)(F)F)c2)C3=O)c(Cl)c1. The van der Waals surface area contributed by atoms with Crippen LogP contribution in [0.5, 0.6) is 17.2 Å². The first kappa shape index (κ1) is 32.9. The van der Waals surface area contributed by atoms with Gasteiger partial charge in [0, 0.05) is 18.7 Å². The molecule has 0 saturated heterocycles. The molecule has 11 nitrogen and oxygen atoms in total. The summed E-state index contributed by atoms with van der Waals surface area (Å²) >= 11 is 12.7. The molecule has 0 spiro atoms. The Labute approximate surface area is 264 Å². The Morgan fingerprint density at radius 1 is 1.09 bits per heavy atom. The van der Waals surface area contributed by atoms with Crippen LogP contribution in [0.25, 0.3) is 0 Å². The average molecular weight is 664 g/mol. The van der Waals surface area contributed by atoms with Crippen LogP contribution in [0.1, 0.15) is 28.4 Å². The van der Waals surface area contributed by atoms with Crippen molar-refractivity contribution >= 4 is 52.5 Å². The number of nitrogens with zero attached hydrogens (tertiary/aromatic N) is 3. The molecule has 45 heavy (non-hydrogen) atoms. The molecule has 3 amide bonds. The van der Waals surface area contributed by atoms with Crippen LogP contribution in [-0.2, 0) is 22.5 Å². The summed E-state index contributed by atoms with van der Waals surface area (Å²) in [6.45, 7) is 1.97. The smallest absolute Gasteiger partial charge is 0.454 e. The third kappa shape index (κ3) is 8.78. The van der Waals surface area contributed by atoms with E-state index in [1.165, 1.54) is 35.2 Å². The quantitative estimate of drug-likeness (QED) is 0.197. The molecule has 0 atom stereocenters. The van der Waals surface area contributed by atoms with Gasteiger partial charge in [-0.3, -0.25) is 20.3 Å². The third-order valence-corrected chi connectivity index (χ3v) is 6.64. The number of benzene rings is 3. The maximum atomic E-state index is 13.2. The van der Waals surface area contributed by atoms with Gasteiger partial charge in [-0.05, 0) is 66.9 Å². The highest BCUT2D eigenvalue weighted by Crippen LogP contribution is 2.39. The topological polar surface area (TPSA) is 142 Å². The van der Waals surface area contributed by atoms with Gasteiger partial charge in [0.2, 0.25) is 5.71 Å². The van der Waals surface area contributed by atoms with E-state index in [4.69, 9.17) is 27.9 Å². The van der Waals surface area contributed by atoms with Gasteiger partial charge in [0.1, 0.15) is 17.6 Å². The maximum absolute atomic E-state index is 13.2. The first-order valence-corrected chi connectivity index (χ1v) is 13.8. The van der Waals surface area contributed by atoms with Gasteiger partial charge in [0.25, 0.3) is 11.8 Å².